The molecule has 0 aliphatic rings. The number of thioether (sulfide) groups is 1. The number of fused-ring (bicyclic) bond motifs is 1. The van der Waals surface area contributed by atoms with Crippen molar-refractivity contribution in [3.63, 3.8) is 0 Å². The summed E-state index contributed by atoms with van der Waals surface area (Å²) in [6, 6.07) is 23.1. The second kappa shape index (κ2) is 9.40. The first kappa shape index (κ1) is 22.9. The fourth-order valence-electron chi connectivity index (χ4n) is 3.98. The lowest BCUT2D eigenvalue weighted by atomic mass is 10.0. The van der Waals surface area contributed by atoms with Gasteiger partial charge in [0.15, 0.2) is 5.65 Å². The summed E-state index contributed by atoms with van der Waals surface area (Å²) in [4.78, 5) is 29.6. The predicted molar refractivity (Wildman–Crippen MR) is 139 cm³/mol. The molecule has 0 spiro atoms. The van der Waals surface area contributed by atoms with E-state index in [9.17, 15) is 14.9 Å². The maximum atomic E-state index is 13.1. The summed E-state index contributed by atoms with van der Waals surface area (Å²) >= 11 is 7.81. The SMILES string of the molecule is CSc1ccc(Cc2[nH]n3c(=O)cc(-c4ccc([N+](=O)[O-])cc4)nc3c2-c2ccc(Cl)cc2)cc1. The molecule has 5 rings (SSSR count). The standard InChI is InChI=1S/C26H19ClN4O3S/c1-35-21-12-2-16(3-13-21)14-23-25(18-4-8-19(27)9-5-18)26-28-22(15-24(32)30(26)29-23)17-6-10-20(11-7-17)31(33)34/h2-13,15,29H,14H2,1H3. The third kappa shape index (κ3) is 4.58. The first-order chi connectivity index (χ1) is 16.9. The highest BCUT2D eigenvalue weighted by Crippen LogP contribution is 2.31. The van der Waals surface area contributed by atoms with E-state index >= 15 is 0 Å². The monoisotopic (exact) mass is 502 g/mol. The van der Waals surface area contributed by atoms with Gasteiger partial charge in [-0.2, -0.15) is 0 Å². The number of aromatic nitrogens is 3. The van der Waals surface area contributed by atoms with E-state index in [4.69, 9.17) is 16.6 Å². The van der Waals surface area contributed by atoms with Crippen LogP contribution in [-0.2, 0) is 6.42 Å². The average molecular weight is 503 g/mol. The Hall–Kier alpha value is -3.88. The maximum absolute atomic E-state index is 13.1. The van der Waals surface area contributed by atoms with Gasteiger partial charge in [0.1, 0.15) is 0 Å². The van der Waals surface area contributed by atoms with E-state index in [1.54, 1.807) is 36.0 Å². The van der Waals surface area contributed by atoms with Gasteiger partial charge in [0, 0.05) is 51.4 Å². The molecule has 2 heterocycles. The van der Waals surface area contributed by atoms with Gasteiger partial charge in [0.25, 0.3) is 11.2 Å². The summed E-state index contributed by atoms with van der Waals surface area (Å²) < 4.78 is 1.43. The molecule has 0 fully saturated rings. The van der Waals surface area contributed by atoms with Gasteiger partial charge in [-0.3, -0.25) is 20.0 Å². The zero-order valence-electron chi connectivity index (χ0n) is 18.6. The van der Waals surface area contributed by atoms with Crippen LogP contribution in [0.15, 0.2) is 88.6 Å². The first-order valence-electron chi connectivity index (χ1n) is 10.7. The summed E-state index contributed by atoms with van der Waals surface area (Å²) in [7, 11) is 0. The molecule has 0 aliphatic heterocycles. The molecule has 0 amide bonds. The molecule has 0 saturated heterocycles. The maximum Gasteiger partial charge on any atom is 0.273 e. The zero-order valence-corrected chi connectivity index (χ0v) is 20.1. The number of rotatable bonds is 6. The van der Waals surface area contributed by atoms with Crippen molar-refractivity contribution >= 4 is 34.7 Å². The molecule has 0 radical (unpaired) electrons. The quantitative estimate of drug-likeness (QED) is 0.169. The molecule has 1 N–H and O–H groups in total. The number of nitro benzene ring substituents is 1. The van der Waals surface area contributed by atoms with Crippen molar-refractivity contribution in [1.82, 2.24) is 14.6 Å². The van der Waals surface area contributed by atoms with Crippen LogP contribution in [0.5, 0.6) is 0 Å². The van der Waals surface area contributed by atoms with E-state index in [1.165, 1.54) is 27.6 Å². The number of halogens is 1. The summed E-state index contributed by atoms with van der Waals surface area (Å²) in [6.07, 6.45) is 2.61. The lowest BCUT2D eigenvalue weighted by molar-refractivity contribution is -0.384. The number of H-pyrrole nitrogens is 1. The van der Waals surface area contributed by atoms with Crippen LogP contribution in [0.1, 0.15) is 11.3 Å². The molecule has 0 aliphatic carbocycles. The van der Waals surface area contributed by atoms with Gasteiger partial charge in [-0.25, -0.2) is 9.50 Å². The molecule has 174 valence electrons. The number of non-ortho nitro benzene ring substituents is 1. The third-order valence-electron chi connectivity index (χ3n) is 5.74. The van der Waals surface area contributed by atoms with Gasteiger partial charge in [0.2, 0.25) is 0 Å². The Morgan fingerprint density at radius 2 is 1.66 bits per heavy atom. The van der Waals surface area contributed by atoms with Gasteiger partial charge in [-0.1, -0.05) is 35.9 Å². The van der Waals surface area contributed by atoms with Crippen LogP contribution in [0, 0.1) is 10.1 Å². The minimum Gasteiger partial charge on any atom is -0.293 e. The van der Waals surface area contributed by atoms with Crippen molar-refractivity contribution in [3.05, 3.63) is 116 Å². The molecule has 2 aromatic heterocycles. The molecule has 9 heteroatoms. The minimum absolute atomic E-state index is 0.0233. The molecule has 35 heavy (non-hydrogen) atoms. The highest BCUT2D eigenvalue weighted by molar-refractivity contribution is 7.98. The van der Waals surface area contributed by atoms with Crippen molar-refractivity contribution in [2.24, 2.45) is 0 Å². The van der Waals surface area contributed by atoms with E-state index in [-0.39, 0.29) is 11.2 Å². The fraction of sp³-hybridized carbons (Fsp3) is 0.0769. The second-order valence-electron chi connectivity index (χ2n) is 7.94. The van der Waals surface area contributed by atoms with E-state index in [0.29, 0.717) is 28.3 Å². The highest BCUT2D eigenvalue weighted by Gasteiger charge is 2.18. The molecule has 3 aromatic carbocycles. The van der Waals surface area contributed by atoms with Gasteiger partial charge < -0.3 is 0 Å². The molecular weight excluding hydrogens is 484 g/mol. The van der Waals surface area contributed by atoms with E-state index in [1.807, 2.05) is 18.4 Å². The normalized spacial score (nSPS) is 11.1. The van der Waals surface area contributed by atoms with E-state index < -0.39 is 4.92 Å². The van der Waals surface area contributed by atoms with Gasteiger partial charge in [0.05, 0.1) is 10.6 Å². The van der Waals surface area contributed by atoms with E-state index in [0.717, 1.165) is 22.4 Å². The van der Waals surface area contributed by atoms with Crippen LogP contribution >= 0.6 is 23.4 Å². The Labute approximate surface area is 209 Å². The molecule has 0 atom stereocenters. The van der Waals surface area contributed by atoms with Crippen LogP contribution in [0.2, 0.25) is 5.02 Å². The lowest BCUT2D eigenvalue weighted by Crippen LogP contribution is -2.14. The summed E-state index contributed by atoms with van der Waals surface area (Å²) in [5, 5.41) is 14.9. The average Bonchev–Trinajstić information content (AvgIpc) is 3.23. The van der Waals surface area contributed by atoms with Crippen LogP contribution in [-0.4, -0.2) is 25.8 Å². The van der Waals surface area contributed by atoms with Gasteiger partial charge in [-0.15, -0.1) is 11.8 Å². The number of nitrogens with one attached hydrogen (secondary N) is 1. The van der Waals surface area contributed by atoms with Gasteiger partial charge >= 0.3 is 0 Å². The van der Waals surface area contributed by atoms with Crippen molar-refractivity contribution < 1.29 is 4.92 Å². The lowest BCUT2D eigenvalue weighted by Gasteiger charge is -2.06. The number of aromatic amines is 1. The molecule has 0 saturated carbocycles. The largest absolute Gasteiger partial charge is 0.293 e. The predicted octanol–water partition coefficient (Wildman–Crippen LogP) is 6.23. The number of nitro groups is 1. The Bertz CT molecular complexity index is 1590. The van der Waals surface area contributed by atoms with Crippen molar-refractivity contribution in [2.75, 3.05) is 6.26 Å². The molecule has 0 bridgehead atoms. The summed E-state index contributed by atoms with van der Waals surface area (Å²) in [5.41, 5.74) is 4.84. The Morgan fingerprint density at radius 1 is 1.00 bits per heavy atom. The summed E-state index contributed by atoms with van der Waals surface area (Å²) in [6.45, 7) is 0. The third-order valence-corrected chi connectivity index (χ3v) is 6.73. The van der Waals surface area contributed by atoms with Gasteiger partial charge in [-0.05, 0) is 53.8 Å². The van der Waals surface area contributed by atoms with Crippen molar-refractivity contribution in [1.29, 1.82) is 0 Å². The van der Waals surface area contributed by atoms with Crippen LogP contribution in [0.25, 0.3) is 28.0 Å². The van der Waals surface area contributed by atoms with Crippen molar-refractivity contribution in [3.8, 4) is 22.4 Å². The van der Waals surface area contributed by atoms with Crippen LogP contribution in [0.3, 0.4) is 0 Å². The van der Waals surface area contributed by atoms with Crippen LogP contribution < -0.4 is 5.56 Å². The first-order valence-corrected chi connectivity index (χ1v) is 12.3. The number of nitrogens with zero attached hydrogens (tertiary/aromatic N) is 3. The molecule has 0 unspecified atom stereocenters. The Balaban J connectivity index is 1.68. The topological polar surface area (TPSA) is 93.3 Å². The highest BCUT2D eigenvalue weighted by atomic mass is 35.5. The number of hydrogen-bond donors (Lipinski definition) is 1. The Morgan fingerprint density at radius 3 is 2.29 bits per heavy atom. The Kier molecular flexibility index (Phi) is 6.15. The molecular formula is C26H19ClN4O3S. The number of benzene rings is 3. The van der Waals surface area contributed by atoms with Crippen molar-refractivity contribution in [2.45, 2.75) is 11.3 Å². The fourth-order valence-corrected chi connectivity index (χ4v) is 4.52. The minimum atomic E-state index is -0.460. The summed E-state index contributed by atoms with van der Waals surface area (Å²) in [5.74, 6) is 0. The number of hydrogen-bond acceptors (Lipinski definition) is 5. The second-order valence-corrected chi connectivity index (χ2v) is 9.26. The smallest absolute Gasteiger partial charge is 0.273 e. The van der Waals surface area contributed by atoms with E-state index in [2.05, 4.69) is 29.4 Å². The van der Waals surface area contributed by atoms with Crippen LogP contribution in [0.4, 0.5) is 5.69 Å². The molecule has 5 aromatic rings. The molecule has 7 nitrogen and oxygen atoms in total. The zero-order chi connectivity index (χ0) is 24.5.